The fourth-order valence-corrected chi connectivity index (χ4v) is 2.88. The predicted molar refractivity (Wildman–Crippen MR) is 88.7 cm³/mol. The molecule has 1 saturated heterocycles. The van der Waals surface area contributed by atoms with E-state index in [9.17, 15) is 9.59 Å². The van der Waals surface area contributed by atoms with Crippen molar-refractivity contribution in [3.8, 4) is 5.75 Å². The highest BCUT2D eigenvalue weighted by atomic mass is 35.5. The summed E-state index contributed by atoms with van der Waals surface area (Å²) in [4.78, 5) is 26.1. The molecule has 1 fully saturated rings. The summed E-state index contributed by atoms with van der Waals surface area (Å²) in [6.07, 6.45) is 0.135. The van der Waals surface area contributed by atoms with E-state index in [4.69, 9.17) is 16.3 Å². The average molecular weight is 330 g/mol. The normalized spacial score (nSPS) is 17.4. The van der Waals surface area contributed by atoms with Crippen molar-refractivity contribution < 1.29 is 14.3 Å². The summed E-state index contributed by atoms with van der Waals surface area (Å²) in [5.41, 5.74) is 1.64. The SMILES string of the molecule is Cc1cccc(OC(=O)C2CC(=O)N(c3ccccc3Cl)C2)c1. The van der Waals surface area contributed by atoms with Crippen LogP contribution < -0.4 is 9.64 Å². The van der Waals surface area contributed by atoms with Crippen LogP contribution >= 0.6 is 11.6 Å². The summed E-state index contributed by atoms with van der Waals surface area (Å²) >= 11 is 6.13. The first-order valence-corrected chi connectivity index (χ1v) is 7.75. The van der Waals surface area contributed by atoms with Gasteiger partial charge in [0.1, 0.15) is 5.75 Å². The van der Waals surface area contributed by atoms with Gasteiger partial charge in [0, 0.05) is 13.0 Å². The van der Waals surface area contributed by atoms with Crippen molar-refractivity contribution in [1.29, 1.82) is 0 Å². The quantitative estimate of drug-likeness (QED) is 0.638. The Morgan fingerprint density at radius 2 is 2.00 bits per heavy atom. The molecule has 0 N–H and O–H groups in total. The topological polar surface area (TPSA) is 46.6 Å². The molecule has 0 aliphatic carbocycles. The Morgan fingerprint density at radius 3 is 2.74 bits per heavy atom. The van der Waals surface area contributed by atoms with Gasteiger partial charge in [-0.2, -0.15) is 0 Å². The number of halogens is 1. The number of carbonyl (C=O) groups is 2. The van der Waals surface area contributed by atoms with Crippen LogP contribution in [-0.2, 0) is 9.59 Å². The molecule has 0 saturated carbocycles. The Bertz CT molecular complexity index is 759. The van der Waals surface area contributed by atoms with E-state index in [1.54, 1.807) is 35.2 Å². The van der Waals surface area contributed by atoms with Crippen LogP contribution in [0.15, 0.2) is 48.5 Å². The minimum Gasteiger partial charge on any atom is -0.426 e. The summed E-state index contributed by atoms with van der Waals surface area (Å²) in [6, 6.07) is 14.4. The Kier molecular flexibility index (Phi) is 4.35. The lowest BCUT2D eigenvalue weighted by Crippen LogP contribution is -2.27. The maximum absolute atomic E-state index is 12.3. The Balaban J connectivity index is 1.72. The summed E-state index contributed by atoms with van der Waals surface area (Å²) in [5, 5.41) is 0.494. The molecule has 0 bridgehead atoms. The Hall–Kier alpha value is -2.33. The van der Waals surface area contributed by atoms with Gasteiger partial charge in [-0.3, -0.25) is 9.59 Å². The van der Waals surface area contributed by atoms with Crippen LogP contribution in [0.2, 0.25) is 5.02 Å². The number of hydrogen-bond donors (Lipinski definition) is 0. The zero-order chi connectivity index (χ0) is 16.4. The number of amides is 1. The number of para-hydroxylation sites is 1. The van der Waals surface area contributed by atoms with Crippen molar-refractivity contribution in [3.05, 3.63) is 59.1 Å². The van der Waals surface area contributed by atoms with Crippen LogP contribution in [0.25, 0.3) is 0 Å². The highest BCUT2D eigenvalue weighted by molar-refractivity contribution is 6.33. The van der Waals surface area contributed by atoms with Gasteiger partial charge < -0.3 is 9.64 Å². The van der Waals surface area contributed by atoms with Crippen molar-refractivity contribution in [2.45, 2.75) is 13.3 Å². The predicted octanol–water partition coefficient (Wildman–Crippen LogP) is 3.61. The third-order valence-corrected chi connectivity index (χ3v) is 4.13. The number of nitrogens with zero attached hydrogens (tertiary/aromatic N) is 1. The summed E-state index contributed by atoms with van der Waals surface area (Å²) in [7, 11) is 0. The van der Waals surface area contributed by atoms with E-state index in [0.29, 0.717) is 16.5 Å². The lowest BCUT2D eigenvalue weighted by atomic mass is 10.1. The Morgan fingerprint density at radius 1 is 1.22 bits per heavy atom. The van der Waals surface area contributed by atoms with Crippen LogP contribution in [-0.4, -0.2) is 18.4 Å². The molecule has 1 aliphatic heterocycles. The van der Waals surface area contributed by atoms with E-state index in [1.807, 2.05) is 25.1 Å². The second-order valence-electron chi connectivity index (χ2n) is 5.59. The van der Waals surface area contributed by atoms with Crippen molar-refractivity contribution in [1.82, 2.24) is 0 Å². The molecule has 2 aromatic rings. The van der Waals surface area contributed by atoms with E-state index in [-0.39, 0.29) is 18.9 Å². The fraction of sp³-hybridized carbons (Fsp3) is 0.222. The molecule has 1 unspecified atom stereocenters. The molecular formula is C18H16ClNO3. The number of anilines is 1. The highest BCUT2D eigenvalue weighted by Crippen LogP contribution is 2.31. The van der Waals surface area contributed by atoms with Crippen LogP contribution in [0.1, 0.15) is 12.0 Å². The summed E-state index contributed by atoms with van der Waals surface area (Å²) in [6.45, 7) is 2.21. The van der Waals surface area contributed by atoms with E-state index in [0.717, 1.165) is 5.56 Å². The first-order valence-electron chi connectivity index (χ1n) is 7.38. The third-order valence-electron chi connectivity index (χ3n) is 3.81. The number of aryl methyl sites for hydroxylation is 1. The van der Waals surface area contributed by atoms with Gasteiger partial charge >= 0.3 is 5.97 Å². The molecule has 1 aliphatic rings. The first kappa shape index (κ1) is 15.6. The largest absolute Gasteiger partial charge is 0.426 e. The maximum Gasteiger partial charge on any atom is 0.316 e. The van der Waals surface area contributed by atoms with Gasteiger partial charge in [-0.05, 0) is 36.8 Å². The number of benzene rings is 2. The standard InChI is InChI=1S/C18H16ClNO3/c1-12-5-4-6-14(9-12)23-18(22)13-10-17(21)20(11-13)16-8-3-2-7-15(16)19/h2-9,13H,10-11H2,1H3. The zero-order valence-corrected chi connectivity index (χ0v) is 13.4. The molecule has 1 heterocycles. The molecule has 3 rings (SSSR count). The number of esters is 1. The van der Waals surface area contributed by atoms with Crippen molar-refractivity contribution >= 4 is 29.2 Å². The van der Waals surface area contributed by atoms with Crippen molar-refractivity contribution in [2.24, 2.45) is 5.92 Å². The lowest BCUT2D eigenvalue weighted by molar-refractivity contribution is -0.139. The van der Waals surface area contributed by atoms with E-state index >= 15 is 0 Å². The van der Waals surface area contributed by atoms with E-state index in [2.05, 4.69) is 0 Å². The van der Waals surface area contributed by atoms with Gasteiger partial charge in [0.05, 0.1) is 16.6 Å². The maximum atomic E-state index is 12.3. The van der Waals surface area contributed by atoms with Crippen molar-refractivity contribution in [3.63, 3.8) is 0 Å². The van der Waals surface area contributed by atoms with Crippen LogP contribution in [0, 0.1) is 12.8 Å². The zero-order valence-electron chi connectivity index (χ0n) is 12.7. The van der Waals surface area contributed by atoms with Gasteiger partial charge in [0.15, 0.2) is 0 Å². The second-order valence-corrected chi connectivity index (χ2v) is 6.00. The molecule has 118 valence electrons. The molecule has 0 aromatic heterocycles. The van der Waals surface area contributed by atoms with E-state index < -0.39 is 11.9 Å². The number of carbonyl (C=O) groups excluding carboxylic acids is 2. The van der Waals surface area contributed by atoms with Crippen LogP contribution in [0.4, 0.5) is 5.69 Å². The number of hydrogen-bond acceptors (Lipinski definition) is 3. The summed E-state index contributed by atoms with van der Waals surface area (Å²) in [5.74, 6) is -0.499. The third kappa shape index (κ3) is 3.37. The van der Waals surface area contributed by atoms with Gasteiger partial charge in [-0.15, -0.1) is 0 Å². The summed E-state index contributed by atoms with van der Waals surface area (Å²) < 4.78 is 5.39. The number of ether oxygens (including phenoxy) is 1. The van der Waals surface area contributed by atoms with Gasteiger partial charge in [-0.1, -0.05) is 35.9 Å². The molecule has 5 heteroatoms. The van der Waals surface area contributed by atoms with Crippen LogP contribution in [0.3, 0.4) is 0 Å². The molecule has 0 radical (unpaired) electrons. The molecule has 1 amide bonds. The minimum absolute atomic E-state index is 0.121. The molecule has 4 nitrogen and oxygen atoms in total. The van der Waals surface area contributed by atoms with E-state index in [1.165, 1.54) is 0 Å². The monoisotopic (exact) mass is 329 g/mol. The van der Waals surface area contributed by atoms with Gasteiger partial charge in [0.2, 0.25) is 5.91 Å². The Labute approximate surface area is 139 Å². The van der Waals surface area contributed by atoms with Gasteiger partial charge in [0.25, 0.3) is 0 Å². The van der Waals surface area contributed by atoms with Crippen molar-refractivity contribution in [2.75, 3.05) is 11.4 Å². The fourth-order valence-electron chi connectivity index (χ4n) is 2.65. The molecular weight excluding hydrogens is 314 g/mol. The number of rotatable bonds is 3. The highest BCUT2D eigenvalue weighted by Gasteiger charge is 2.37. The molecule has 23 heavy (non-hydrogen) atoms. The smallest absolute Gasteiger partial charge is 0.316 e. The van der Waals surface area contributed by atoms with Gasteiger partial charge in [-0.25, -0.2) is 0 Å². The van der Waals surface area contributed by atoms with Crippen LogP contribution in [0.5, 0.6) is 5.75 Å². The molecule has 1 atom stereocenters. The minimum atomic E-state index is -0.487. The second kappa shape index (κ2) is 6.42. The lowest BCUT2D eigenvalue weighted by Gasteiger charge is -2.17. The average Bonchev–Trinajstić information content (AvgIpc) is 2.90. The first-order chi connectivity index (χ1) is 11.0. The molecule has 0 spiro atoms. The molecule has 2 aromatic carbocycles.